The zero-order chi connectivity index (χ0) is 33.9. The lowest BCUT2D eigenvalue weighted by Crippen LogP contribution is -2.54. The first kappa shape index (κ1) is 39.7. The Hall–Kier alpha value is -2.30. The summed E-state index contributed by atoms with van der Waals surface area (Å²) in [5.41, 5.74) is 0.405. The van der Waals surface area contributed by atoms with Gasteiger partial charge in [-0.2, -0.15) is 0 Å². The second-order valence-corrected chi connectivity index (χ2v) is 19.5. The first-order valence-corrected chi connectivity index (χ1v) is 18.8. The molecule has 1 aromatic carbocycles. The van der Waals surface area contributed by atoms with E-state index in [9.17, 15) is 14.7 Å². The molecule has 10 heteroatoms. The zero-order valence-electron chi connectivity index (χ0n) is 29.7. The molecule has 0 radical (unpaired) electrons. The maximum absolute atomic E-state index is 13.2. The van der Waals surface area contributed by atoms with Gasteiger partial charge in [-0.15, -0.1) is 0 Å². The number of carboxylic acids is 1. The van der Waals surface area contributed by atoms with Gasteiger partial charge in [0, 0.05) is 20.1 Å². The van der Waals surface area contributed by atoms with E-state index in [1.807, 2.05) is 39.0 Å². The van der Waals surface area contributed by atoms with Crippen LogP contribution >= 0.6 is 0 Å². The molecule has 1 aromatic rings. The van der Waals surface area contributed by atoms with Gasteiger partial charge in [0.15, 0.2) is 19.8 Å². The predicted molar refractivity (Wildman–Crippen MR) is 178 cm³/mol. The van der Waals surface area contributed by atoms with E-state index in [1.165, 1.54) is 0 Å². The standard InChI is InChI=1S/C34H61NO8Si/c1-23(2)26(20-25-15-16-28(40-11)30(21-25)41-18-14-17-39-10)22-27(35-32(38)42-33(4,5)6)29(19-24(3)31(36)37)43-44(12,13)34(7,8)9/h15-16,21,23-24,26-27,29H,14,17-20,22H2,1-13H3,(H,35,38)(H,36,37)/t24-,26+,27+,29+/m1/s1. The van der Waals surface area contributed by atoms with Crippen LogP contribution in [0, 0.1) is 17.8 Å². The molecule has 1 rings (SSSR count). The molecule has 0 aliphatic rings. The van der Waals surface area contributed by atoms with Crippen molar-refractivity contribution in [1.29, 1.82) is 0 Å². The molecule has 0 bridgehead atoms. The molecule has 2 N–H and O–H groups in total. The summed E-state index contributed by atoms with van der Waals surface area (Å²) in [6, 6.07) is 5.53. The van der Waals surface area contributed by atoms with Gasteiger partial charge in [-0.05, 0) is 87.7 Å². The average molecular weight is 640 g/mol. The normalized spacial score (nSPS) is 15.3. The number of amides is 1. The van der Waals surface area contributed by atoms with E-state index in [1.54, 1.807) is 21.1 Å². The van der Waals surface area contributed by atoms with E-state index in [0.29, 0.717) is 31.1 Å². The van der Waals surface area contributed by atoms with Crippen LogP contribution in [0.4, 0.5) is 4.79 Å². The minimum Gasteiger partial charge on any atom is -0.493 e. The topological polar surface area (TPSA) is 113 Å². The second-order valence-electron chi connectivity index (χ2n) is 14.8. The number of nitrogens with one attached hydrogen (secondary N) is 1. The molecule has 0 saturated heterocycles. The molecule has 9 nitrogen and oxygen atoms in total. The molecule has 0 aliphatic heterocycles. The largest absolute Gasteiger partial charge is 0.493 e. The lowest BCUT2D eigenvalue weighted by Gasteiger charge is -2.43. The number of methoxy groups -OCH3 is 2. The van der Waals surface area contributed by atoms with E-state index in [2.05, 4.69) is 53.0 Å². The highest BCUT2D eigenvalue weighted by atomic mass is 28.4. The molecule has 0 saturated carbocycles. The summed E-state index contributed by atoms with van der Waals surface area (Å²) >= 11 is 0. The van der Waals surface area contributed by atoms with Crippen molar-refractivity contribution >= 4 is 20.4 Å². The zero-order valence-corrected chi connectivity index (χ0v) is 30.7. The Bertz CT molecular complexity index is 1030. The average Bonchev–Trinajstić information content (AvgIpc) is 2.88. The number of benzene rings is 1. The third-order valence-electron chi connectivity index (χ3n) is 8.39. The fraction of sp³-hybridized carbons (Fsp3) is 0.765. The summed E-state index contributed by atoms with van der Waals surface area (Å²) in [4.78, 5) is 25.2. The summed E-state index contributed by atoms with van der Waals surface area (Å²) in [5, 5.41) is 12.9. The van der Waals surface area contributed by atoms with Crippen molar-refractivity contribution in [2.45, 2.75) is 124 Å². The molecule has 0 heterocycles. The molecule has 0 aliphatic carbocycles. The van der Waals surface area contributed by atoms with Crippen molar-refractivity contribution < 1.29 is 38.1 Å². The third-order valence-corrected chi connectivity index (χ3v) is 12.9. The van der Waals surface area contributed by atoms with E-state index in [0.717, 1.165) is 18.4 Å². The predicted octanol–water partition coefficient (Wildman–Crippen LogP) is 7.71. The van der Waals surface area contributed by atoms with Crippen LogP contribution in [0.5, 0.6) is 11.5 Å². The lowest BCUT2D eigenvalue weighted by molar-refractivity contribution is -0.142. The van der Waals surface area contributed by atoms with Crippen LogP contribution in [-0.2, 0) is 25.1 Å². The fourth-order valence-electron chi connectivity index (χ4n) is 4.63. The van der Waals surface area contributed by atoms with Crippen molar-refractivity contribution in [3.63, 3.8) is 0 Å². The molecule has 0 spiro atoms. The van der Waals surface area contributed by atoms with Crippen LogP contribution in [-0.4, -0.2) is 70.7 Å². The summed E-state index contributed by atoms with van der Waals surface area (Å²) < 4.78 is 29.3. The van der Waals surface area contributed by atoms with Crippen molar-refractivity contribution in [2.24, 2.45) is 17.8 Å². The molecule has 4 atom stereocenters. The number of ether oxygens (including phenoxy) is 4. The number of aliphatic carboxylic acids is 1. The molecule has 44 heavy (non-hydrogen) atoms. The minimum atomic E-state index is -2.34. The summed E-state index contributed by atoms with van der Waals surface area (Å²) in [6.45, 7) is 23.4. The Kier molecular flexibility index (Phi) is 15.7. The van der Waals surface area contributed by atoms with Crippen molar-refractivity contribution in [1.82, 2.24) is 5.32 Å². The van der Waals surface area contributed by atoms with Gasteiger partial charge in [0.05, 0.1) is 31.8 Å². The minimum absolute atomic E-state index is 0.103. The Morgan fingerprint density at radius 2 is 1.59 bits per heavy atom. The molecule has 1 amide bonds. The first-order valence-electron chi connectivity index (χ1n) is 15.9. The van der Waals surface area contributed by atoms with Crippen LogP contribution in [0.15, 0.2) is 18.2 Å². The quantitative estimate of drug-likeness (QED) is 0.124. The maximum atomic E-state index is 13.2. The number of alkyl carbamates (subject to hydrolysis) is 1. The summed E-state index contributed by atoms with van der Waals surface area (Å²) in [5.74, 6) is 0.210. The highest BCUT2D eigenvalue weighted by Crippen LogP contribution is 2.39. The molecule has 0 aromatic heterocycles. The molecule has 0 unspecified atom stereocenters. The Labute approximate surface area is 267 Å². The molecule has 0 fully saturated rings. The van der Waals surface area contributed by atoms with Crippen molar-refractivity contribution in [2.75, 3.05) is 27.4 Å². The fourth-order valence-corrected chi connectivity index (χ4v) is 6.00. The SMILES string of the molecule is COCCCOc1cc(C[C@@H](C[C@H](NC(=O)OC(C)(C)C)[C@H](C[C@@H](C)C(=O)O)O[Si](C)(C)C(C)(C)C)C(C)C)ccc1OC. The number of carbonyl (C=O) groups is 2. The highest BCUT2D eigenvalue weighted by molar-refractivity contribution is 6.74. The van der Waals surface area contributed by atoms with E-state index >= 15 is 0 Å². The van der Waals surface area contributed by atoms with Gasteiger partial charge in [0.1, 0.15) is 5.60 Å². The second kappa shape index (κ2) is 17.4. The van der Waals surface area contributed by atoms with E-state index < -0.39 is 44.0 Å². The Morgan fingerprint density at radius 3 is 2.09 bits per heavy atom. The Morgan fingerprint density at radius 1 is 0.955 bits per heavy atom. The van der Waals surface area contributed by atoms with Gasteiger partial charge in [0.25, 0.3) is 0 Å². The summed E-state index contributed by atoms with van der Waals surface area (Å²) in [6.07, 6.45) is 1.30. The Balaban J connectivity index is 3.48. The number of hydrogen-bond acceptors (Lipinski definition) is 7. The number of rotatable bonds is 18. The monoisotopic (exact) mass is 639 g/mol. The van der Waals surface area contributed by atoms with Gasteiger partial charge < -0.3 is 33.8 Å². The van der Waals surface area contributed by atoms with E-state index in [-0.39, 0.29) is 23.3 Å². The number of hydrogen-bond donors (Lipinski definition) is 2. The van der Waals surface area contributed by atoms with Gasteiger partial charge in [0.2, 0.25) is 0 Å². The third kappa shape index (κ3) is 13.8. The van der Waals surface area contributed by atoms with Gasteiger partial charge in [-0.1, -0.05) is 47.6 Å². The van der Waals surface area contributed by atoms with E-state index in [4.69, 9.17) is 23.4 Å². The van der Waals surface area contributed by atoms with Crippen LogP contribution in [0.2, 0.25) is 18.1 Å². The molecular formula is C34H61NO8Si. The van der Waals surface area contributed by atoms with Gasteiger partial charge >= 0.3 is 12.1 Å². The molecule has 254 valence electrons. The van der Waals surface area contributed by atoms with Crippen LogP contribution in [0.1, 0.15) is 87.1 Å². The first-order chi connectivity index (χ1) is 20.2. The van der Waals surface area contributed by atoms with Crippen molar-refractivity contribution in [3.8, 4) is 11.5 Å². The maximum Gasteiger partial charge on any atom is 0.407 e. The van der Waals surface area contributed by atoms with Gasteiger partial charge in [-0.25, -0.2) is 4.79 Å². The van der Waals surface area contributed by atoms with Crippen LogP contribution in [0.25, 0.3) is 0 Å². The highest BCUT2D eigenvalue weighted by Gasteiger charge is 2.42. The summed E-state index contributed by atoms with van der Waals surface area (Å²) in [7, 11) is 0.952. The van der Waals surface area contributed by atoms with Crippen LogP contribution in [0.3, 0.4) is 0 Å². The smallest absolute Gasteiger partial charge is 0.407 e. The molecular weight excluding hydrogens is 578 g/mol. The number of carbonyl (C=O) groups excluding carboxylic acids is 1. The van der Waals surface area contributed by atoms with Crippen LogP contribution < -0.4 is 14.8 Å². The lowest BCUT2D eigenvalue weighted by atomic mass is 9.82. The van der Waals surface area contributed by atoms with Gasteiger partial charge in [-0.3, -0.25) is 4.79 Å². The van der Waals surface area contributed by atoms with Crippen molar-refractivity contribution in [3.05, 3.63) is 23.8 Å². The number of carboxylic acid groups (broad SMARTS) is 1.